The van der Waals surface area contributed by atoms with Gasteiger partial charge in [0.2, 0.25) is 0 Å². The molecule has 0 spiro atoms. The van der Waals surface area contributed by atoms with Crippen molar-refractivity contribution in [3.05, 3.63) is 93.5 Å². The zero-order chi connectivity index (χ0) is 21.1. The third-order valence-electron chi connectivity index (χ3n) is 4.56. The van der Waals surface area contributed by atoms with Crippen molar-refractivity contribution in [2.45, 2.75) is 6.17 Å². The lowest BCUT2D eigenvalue weighted by molar-refractivity contribution is 0.354. The number of aliphatic imine (C=N–C) groups is 2. The monoisotopic (exact) mass is 456 g/mol. The highest BCUT2D eigenvalue weighted by molar-refractivity contribution is 8.27. The molecule has 152 valence electrons. The van der Waals surface area contributed by atoms with Crippen LogP contribution in [0.3, 0.4) is 0 Å². The highest BCUT2D eigenvalue weighted by Crippen LogP contribution is 2.36. The molecule has 0 aromatic heterocycles. The van der Waals surface area contributed by atoms with Crippen molar-refractivity contribution in [3.8, 4) is 11.5 Å². The number of ether oxygens (including phenoxy) is 2. The molecule has 0 bridgehead atoms. The van der Waals surface area contributed by atoms with Crippen LogP contribution in [0.4, 0.5) is 0 Å². The third kappa shape index (κ3) is 4.48. The van der Waals surface area contributed by atoms with Crippen LogP contribution in [0.2, 0.25) is 10.0 Å². The first-order valence-corrected chi connectivity index (χ1v) is 10.7. The first-order chi connectivity index (χ1) is 14.6. The number of benzene rings is 3. The molecule has 1 heterocycles. The van der Waals surface area contributed by atoms with Crippen molar-refractivity contribution in [2.75, 3.05) is 14.2 Å². The molecule has 7 heteroatoms. The molecular formula is C23H18Cl2N2O2S. The molecule has 0 radical (unpaired) electrons. The first kappa shape index (κ1) is 20.8. The average molecular weight is 457 g/mol. The first-order valence-electron chi connectivity index (χ1n) is 9.14. The minimum absolute atomic E-state index is 0.414. The number of methoxy groups -OCH3 is 2. The number of hydrogen-bond acceptors (Lipinski definition) is 5. The molecule has 4 nitrogen and oxygen atoms in total. The lowest BCUT2D eigenvalue weighted by atomic mass is 10.1. The molecule has 0 unspecified atom stereocenters. The maximum atomic E-state index is 6.07. The van der Waals surface area contributed by atoms with E-state index >= 15 is 0 Å². The van der Waals surface area contributed by atoms with E-state index in [0.29, 0.717) is 21.5 Å². The van der Waals surface area contributed by atoms with Gasteiger partial charge in [-0.2, -0.15) is 0 Å². The second-order valence-electron chi connectivity index (χ2n) is 6.47. The van der Waals surface area contributed by atoms with Gasteiger partial charge in [-0.25, -0.2) is 9.98 Å². The Labute approximate surface area is 189 Å². The summed E-state index contributed by atoms with van der Waals surface area (Å²) in [7, 11) is 3.23. The van der Waals surface area contributed by atoms with Crippen LogP contribution in [0, 0.1) is 0 Å². The number of thioether (sulfide) groups is 1. The highest BCUT2D eigenvalue weighted by Gasteiger charge is 2.23. The molecule has 3 aromatic carbocycles. The van der Waals surface area contributed by atoms with Gasteiger partial charge in [0.1, 0.15) is 10.1 Å². The average Bonchev–Trinajstić information content (AvgIpc) is 2.79. The Balaban J connectivity index is 1.79. The Bertz CT molecular complexity index is 1050. The van der Waals surface area contributed by atoms with Crippen LogP contribution in [0.1, 0.15) is 22.9 Å². The summed E-state index contributed by atoms with van der Waals surface area (Å²) in [5, 5.41) is 3.10. The Morgan fingerprint density at radius 1 is 0.700 bits per heavy atom. The fourth-order valence-electron chi connectivity index (χ4n) is 3.01. The van der Waals surface area contributed by atoms with E-state index in [1.165, 1.54) is 11.8 Å². The fraction of sp³-hybridized carbons (Fsp3) is 0.130. The predicted octanol–water partition coefficient (Wildman–Crippen LogP) is 6.65. The smallest absolute Gasteiger partial charge is 0.167 e. The van der Waals surface area contributed by atoms with Crippen LogP contribution in [-0.4, -0.2) is 24.3 Å². The van der Waals surface area contributed by atoms with E-state index in [0.717, 1.165) is 26.8 Å². The molecular weight excluding hydrogens is 439 g/mol. The maximum absolute atomic E-state index is 6.07. The number of nitrogens with zero attached hydrogens (tertiary/aromatic N) is 2. The van der Waals surface area contributed by atoms with Gasteiger partial charge >= 0.3 is 0 Å². The second-order valence-corrected chi connectivity index (χ2v) is 8.32. The van der Waals surface area contributed by atoms with Crippen molar-refractivity contribution in [1.29, 1.82) is 0 Å². The van der Waals surface area contributed by atoms with Crippen LogP contribution < -0.4 is 9.47 Å². The lowest BCUT2D eigenvalue weighted by Gasteiger charge is -2.21. The lowest BCUT2D eigenvalue weighted by Crippen LogP contribution is -2.12. The van der Waals surface area contributed by atoms with E-state index in [4.69, 9.17) is 42.7 Å². The van der Waals surface area contributed by atoms with Gasteiger partial charge in [0, 0.05) is 26.7 Å². The van der Waals surface area contributed by atoms with Gasteiger partial charge < -0.3 is 9.47 Å². The Kier molecular flexibility index (Phi) is 6.32. The summed E-state index contributed by atoms with van der Waals surface area (Å²) < 4.78 is 10.8. The molecule has 0 fully saturated rings. The van der Waals surface area contributed by atoms with Gasteiger partial charge in [0.25, 0.3) is 0 Å². The highest BCUT2D eigenvalue weighted by atomic mass is 35.5. The summed E-state index contributed by atoms with van der Waals surface area (Å²) in [5.41, 5.74) is 2.87. The minimum Gasteiger partial charge on any atom is -0.493 e. The summed E-state index contributed by atoms with van der Waals surface area (Å²) >= 11 is 13.7. The Hall–Kier alpha value is -2.47. The zero-order valence-electron chi connectivity index (χ0n) is 16.3. The molecule has 0 N–H and O–H groups in total. The van der Waals surface area contributed by atoms with Crippen LogP contribution >= 0.6 is 35.0 Å². The van der Waals surface area contributed by atoms with E-state index in [2.05, 4.69) is 0 Å². The summed E-state index contributed by atoms with van der Waals surface area (Å²) in [6.07, 6.45) is -0.414. The molecule has 3 aromatic rings. The summed E-state index contributed by atoms with van der Waals surface area (Å²) in [4.78, 5) is 9.81. The van der Waals surface area contributed by atoms with Crippen molar-refractivity contribution in [1.82, 2.24) is 0 Å². The quantitative estimate of drug-likeness (QED) is 0.431. The molecule has 4 rings (SSSR count). The molecule has 0 saturated heterocycles. The van der Waals surface area contributed by atoms with Crippen LogP contribution in [0.25, 0.3) is 0 Å². The van der Waals surface area contributed by atoms with Crippen molar-refractivity contribution < 1.29 is 9.47 Å². The maximum Gasteiger partial charge on any atom is 0.167 e. The van der Waals surface area contributed by atoms with Gasteiger partial charge in [-0.3, -0.25) is 0 Å². The largest absolute Gasteiger partial charge is 0.493 e. The normalized spacial score (nSPS) is 14.1. The molecule has 0 saturated carbocycles. The van der Waals surface area contributed by atoms with Crippen molar-refractivity contribution >= 4 is 45.1 Å². The standard InChI is InChI=1S/C23H18Cl2N2O2S/c1-28-19-12-7-16(13-20(19)29-2)21-26-22(14-3-8-17(24)9-4-14)30-23(27-21)15-5-10-18(25)11-6-15/h3-13,21H,1-2H3. The van der Waals surface area contributed by atoms with Gasteiger partial charge in [0.05, 0.1) is 14.2 Å². The van der Waals surface area contributed by atoms with Crippen LogP contribution in [0.5, 0.6) is 11.5 Å². The zero-order valence-corrected chi connectivity index (χ0v) is 18.6. The third-order valence-corrected chi connectivity index (χ3v) is 6.13. The van der Waals surface area contributed by atoms with Crippen LogP contribution in [0.15, 0.2) is 76.7 Å². The van der Waals surface area contributed by atoms with Crippen LogP contribution in [-0.2, 0) is 0 Å². The van der Waals surface area contributed by atoms with E-state index in [-0.39, 0.29) is 0 Å². The summed E-state index contributed by atoms with van der Waals surface area (Å²) in [6, 6.07) is 21.0. The summed E-state index contributed by atoms with van der Waals surface area (Å²) in [5.74, 6) is 1.30. The molecule has 1 aliphatic rings. The molecule has 0 amide bonds. The molecule has 0 aliphatic carbocycles. The van der Waals surface area contributed by atoms with E-state index < -0.39 is 6.17 Å². The summed E-state index contributed by atoms with van der Waals surface area (Å²) in [6.45, 7) is 0. The van der Waals surface area contributed by atoms with Gasteiger partial charge in [-0.15, -0.1) is 0 Å². The molecule has 30 heavy (non-hydrogen) atoms. The van der Waals surface area contributed by atoms with Crippen molar-refractivity contribution in [2.24, 2.45) is 9.98 Å². The number of rotatable bonds is 5. The molecule has 1 aliphatic heterocycles. The van der Waals surface area contributed by atoms with Gasteiger partial charge in [-0.1, -0.05) is 53.5 Å². The Morgan fingerprint density at radius 3 is 1.67 bits per heavy atom. The minimum atomic E-state index is -0.414. The van der Waals surface area contributed by atoms with Crippen molar-refractivity contribution in [3.63, 3.8) is 0 Å². The second kappa shape index (κ2) is 9.13. The number of hydrogen-bond donors (Lipinski definition) is 0. The van der Waals surface area contributed by atoms with Gasteiger partial charge in [-0.05, 0) is 48.2 Å². The Morgan fingerprint density at radius 2 is 1.20 bits per heavy atom. The fourth-order valence-corrected chi connectivity index (χ4v) is 4.26. The predicted molar refractivity (Wildman–Crippen MR) is 126 cm³/mol. The SMILES string of the molecule is COc1ccc(C2N=C(c3ccc(Cl)cc3)SC(c3ccc(Cl)cc3)=N2)cc1OC. The van der Waals surface area contributed by atoms with E-state index in [1.54, 1.807) is 14.2 Å². The number of halogens is 2. The van der Waals surface area contributed by atoms with E-state index in [1.807, 2.05) is 66.7 Å². The van der Waals surface area contributed by atoms with Gasteiger partial charge in [0.15, 0.2) is 17.7 Å². The topological polar surface area (TPSA) is 43.2 Å². The van der Waals surface area contributed by atoms with E-state index in [9.17, 15) is 0 Å². The molecule has 0 atom stereocenters.